The van der Waals surface area contributed by atoms with E-state index < -0.39 is 0 Å². The van der Waals surface area contributed by atoms with Crippen molar-refractivity contribution in [1.82, 2.24) is 4.57 Å². The first-order valence-electron chi connectivity index (χ1n) is 10.0. The van der Waals surface area contributed by atoms with Crippen LogP contribution in [0.2, 0.25) is 0 Å². The molecule has 142 valence electrons. The van der Waals surface area contributed by atoms with Crippen LogP contribution in [0.4, 0.5) is 0 Å². The molecule has 0 atom stereocenters. The van der Waals surface area contributed by atoms with Gasteiger partial charge in [0, 0.05) is 17.8 Å². The Balaban J connectivity index is 2.40. The van der Waals surface area contributed by atoms with Crippen molar-refractivity contribution in [1.29, 1.82) is 0 Å². The predicted octanol–water partition coefficient (Wildman–Crippen LogP) is 6.14. The van der Waals surface area contributed by atoms with Crippen LogP contribution in [0.1, 0.15) is 67.3 Å². The molecule has 27 heavy (non-hydrogen) atoms. The van der Waals surface area contributed by atoms with Gasteiger partial charge in [0.1, 0.15) is 12.7 Å². The molecule has 3 rings (SSSR count). The summed E-state index contributed by atoms with van der Waals surface area (Å²) in [4.78, 5) is 0. The van der Waals surface area contributed by atoms with E-state index in [1.54, 1.807) is 0 Å². The average Bonchev–Trinajstić information content (AvgIpc) is 2.89. The van der Waals surface area contributed by atoms with Crippen molar-refractivity contribution in [3.63, 3.8) is 0 Å². The summed E-state index contributed by atoms with van der Waals surface area (Å²) in [5.74, 6) is 0.947. The Labute approximate surface area is 164 Å². The number of pyridine rings is 1. The third-order valence-electron chi connectivity index (χ3n) is 5.62. The van der Waals surface area contributed by atoms with Crippen molar-refractivity contribution in [2.75, 3.05) is 0 Å². The minimum absolute atomic E-state index is 0.473. The summed E-state index contributed by atoms with van der Waals surface area (Å²) in [6, 6.07) is 11.2. The molecule has 0 fully saturated rings. The average molecular weight is 362 g/mol. The number of hydrogen-bond donors (Lipinski definition) is 0. The molecule has 2 heteroatoms. The molecule has 0 aliphatic heterocycles. The lowest BCUT2D eigenvalue weighted by Gasteiger charge is -2.22. The first-order valence-corrected chi connectivity index (χ1v) is 10.0. The zero-order valence-electron chi connectivity index (χ0n) is 18.1. The molecule has 0 unspecified atom stereocenters. The molecule has 0 radical (unpaired) electrons. The molecule has 2 nitrogen and oxygen atoms in total. The highest BCUT2D eigenvalue weighted by molar-refractivity contribution is 5.66. The van der Waals surface area contributed by atoms with E-state index in [4.69, 9.17) is 0 Å². The monoisotopic (exact) mass is 361 g/mol. The van der Waals surface area contributed by atoms with Crippen molar-refractivity contribution in [3.05, 3.63) is 70.5 Å². The maximum atomic E-state index is 2.44. The van der Waals surface area contributed by atoms with E-state index in [9.17, 15) is 0 Å². The molecule has 0 bridgehead atoms. The maximum Gasteiger partial charge on any atom is 0.229 e. The van der Waals surface area contributed by atoms with Crippen LogP contribution in [0.25, 0.3) is 17.1 Å². The van der Waals surface area contributed by atoms with Gasteiger partial charge >= 0.3 is 0 Å². The van der Waals surface area contributed by atoms with E-state index in [0.717, 1.165) is 0 Å². The van der Waals surface area contributed by atoms with Gasteiger partial charge < -0.3 is 4.57 Å². The van der Waals surface area contributed by atoms with Crippen LogP contribution < -0.4 is 4.57 Å². The van der Waals surface area contributed by atoms with Crippen molar-refractivity contribution in [2.24, 2.45) is 7.05 Å². The van der Waals surface area contributed by atoms with E-state index in [0.29, 0.717) is 11.8 Å². The third-order valence-corrected chi connectivity index (χ3v) is 5.62. The fraction of sp³-hybridized carbons (Fsp3) is 0.400. The van der Waals surface area contributed by atoms with E-state index in [-0.39, 0.29) is 0 Å². The van der Waals surface area contributed by atoms with Gasteiger partial charge in [-0.15, -0.1) is 0 Å². The van der Waals surface area contributed by atoms with Crippen LogP contribution in [0.5, 0.6) is 0 Å². The maximum absolute atomic E-state index is 2.44. The highest BCUT2D eigenvalue weighted by Crippen LogP contribution is 2.36. The lowest BCUT2D eigenvalue weighted by atomic mass is 9.92. The molecule has 0 amide bonds. The quantitative estimate of drug-likeness (QED) is 0.493. The molecule has 0 spiro atoms. The molecule has 1 aromatic carbocycles. The molecule has 2 aromatic heterocycles. The van der Waals surface area contributed by atoms with Crippen molar-refractivity contribution < 1.29 is 4.57 Å². The summed E-state index contributed by atoms with van der Waals surface area (Å²) in [6.45, 7) is 15.8. The van der Waals surface area contributed by atoms with Gasteiger partial charge in [-0.3, -0.25) is 0 Å². The second kappa shape index (κ2) is 7.34. The van der Waals surface area contributed by atoms with Crippen LogP contribution in [0.15, 0.2) is 42.7 Å². The van der Waals surface area contributed by atoms with Gasteiger partial charge in [0.15, 0.2) is 6.20 Å². The normalized spacial score (nSPS) is 11.6. The van der Waals surface area contributed by atoms with Crippen LogP contribution in [-0.4, -0.2) is 4.57 Å². The Morgan fingerprint density at radius 2 is 1.44 bits per heavy atom. The van der Waals surface area contributed by atoms with Crippen LogP contribution >= 0.6 is 0 Å². The molecule has 3 aromatic rings. The zero-order chi connectivity index (χ0) is 19.9. The number of nitrogens with zero attached hydrogens (tertiary/aromatic N) is 2. The van der Waals surface area contributed by atoms with Gasteiger partial charge in [-0.25, -0.2) is 0 Å². The summed E-state index contributed by atoms with van der Waals surface area (Å²) in [5.41, 5.74) is 10.7. The molecular formula is C25H33N2+. The van der Waals surface area contributed by atoms with Gasteiger partial charge in [-0.05, 0) is 60.9 Å². The van der Waals surface area contributed by atoms with Gasteiger partial charge in [0.05, 0.1) is 5.69 Å². The summed E-state index contributed by atoms with van der Waals surface area (Å²) in [7, 11) is 2.14. The lowest BCUT2D eigenvalue weighted by Crippen LogP contribution is -2.31. The number of aromatic nitrogens is 2. The highest BCUT2D eigenvalue weighted by atomic mass is 15.0. The van der Waals surface area contributed by atoms with Crippen LogP contribution in [0.3, 0.4) is 0 Å². The van der Waals surface area contributed by atoms with Crippen molar-refractivity contribution >= 4 is 0 Å². The Morgan fingerprint density at radius 1 is 0.852 bits per heavy atom. The van der Waals surface area contributed by atoms with Gasteiger partial charge in [-0.2, -0.15) is 4.57 Å². The first kappa shape index (κ1) is 19.4. The second-order valence-corrected chi connectivity index (χ2v) is 8.45. The Kier molecular flexibility index (Phi) is 5.28. The third kappa shape index (κ3) is 3.45. The lowest BCUT2D eigenvalue weighted by molar-refractivity contribution is -0.660. The minimum atomic E-state index is 0.473. The van der Waals surface area contributed by atoms with E-state index in [1.807, 2.05) is 0 Å². The molecular weight excluding hydrogens is 328 g/mol. The number of rotatable bonds is 4. The summed E-state index contributed by atoms with van der Waals surface area (Å²) >= 11 is 0. The van der Waals surface area contributed by atoms with Gasteiger partial charge in [0.2, 0.25) is 5.69 Å². The fourth-order valence-electron chi connectivity index (χ4n) is 4.00. The second-order valence-electron chi connectivity index (χ2n) is 8.45. The Hall–Kier alpha value is -2.35. The molecule has 0 aliphatic carbocycles. The molecule has 2 heterocycles. The topological polar surface area (TPSA) is 8.81 Å². The SMILES string of the molecule is Cc1ccc(-c2c(C)c(C)cn2-c2c(C(C)C)cccc2C(C)C)[n+](C)c1. The Morgan fingerprint density at radius 3 is 1.96 bits per heavy atom. The zero-order valence-corrected chi connectivity index (χ0v) is 18.1. The van der Waals surface area contributed by atoms with E-state index in [2.05, 4.69) is 107 Å². The molecule has 0 N–H and O–H groups in total. The van der Waals surface area contributed by atoms with Crippen LogP contribution in [-0.2, 0) is 7.05 Å². The molecule has 0 saturated heterocycles. The molecule has 0 aliphatic rings. The number of benzene rings is 1. The van der Waals surface area contributed by atoms with E-state index >= 15 is 0 Å². The predicted molar refractivity (Wildman–Crippen MR) is 115 cm³/mol. The van der Waals surface area contributed by atoms with Crippen molar-refractivity contribution in [2.45, 2.75) is 60.3 Å². The summed E-state index contributed by atoms with van der Waals surface area (Å²) < 4.78 is 4.70. The first-order chi connectivity index (χ1) is 12.7. The van der Waals surface area contributed by atoms with E-state index in [1.165, 1.54) is 44.9 Å². The minimum Gasteiger partial charge on any atom is -0.310 e. The van der Waals surface area contributed by atoms with Gasteiger partial charge in [-0.1, -0.05) is 45.9 Å². The number of hydrogen-bond acceptors (Lipinski definition) is 0. The summed E-state index contributed by atoms with van der Waals surface area (Å²) in [6.07, 6.45) is 4.52. The molecule has 0 saturated carbocycles. The smallest absolute Gasteiger partial charge is 0.229 e. The van der Waals surface area contributed by atoms with Gasteiger partial charge in [0.25, 0.3) is 0 Å². The summed E-state index contributed by atoms with van der Waals surface area (Å²) in [5, 5.41) is 0. The van der Waals surface area contributed by atoms with Crippen LogP contribution in [0, 0.1) is 20.8 Å². The number of aryl methyl sites for hydroxylation is 3. The largest absolute Gasteiger partial charge is 0.310 e. The standard InChI is InChI=1S/C25H33N2/c1-16(2)21-10-9-11-22(17(3)4)25(21)27-15-19(6)20(7)24(27)23-13-12-18(5)14-26(23)8/h9-17H,1-8H3/q+1. The van der Waals surface area contributed by atoms with Crippen molar-refractivity contribution in [3.8, 4) is 17.1 Å². The highest BCUT2D eigenvalue weighted by Gasteiger charge is 2.24. The Bertz CT molecular complexity index is 948. The number of para-hydroxylation sites is 1. The fourth-order valence-corrected chi connectivity index (χ4v) is 4.00.